The Kier molecular flexibility index (Phi) is 6.89. The summed E-state index contributed by atoms with van der Waals surface area (Å²) in [5, 5.41) is 0.510. The Hall–Kier alpha value is -3.87. The Bertz CT molecular complexity index is 1400. The van der Waals surface area contributed by atoms with Crippen LogP contribution >= 0.6 is 0 Å². The molecule has 1 fully saturated rings. The highest BCUT2D eigenvalue weighted by molar-refractivity contribution is 5.80. The number of para-hydroxylation sites is 3. The fraction of sp³-hybridized carbons (Fsp3) is 0.345. The van der Waals surface area contributed by atoms with E-state index in [1.54, 1.807) is 24.0 Å². The van der Waals surface area contributed by atoms with Crippen LogP contribution in [0.3, 0.4) is 0 Å². The van der Waals surface area contributed by atoms with E-state index in [1.165, 1.54) is 0 Å². The second kappa shape index (κ2) is 10.4. The van der Waals surface area contributed by atoms with E-state index in [-0.39, 0.29) is 17.4 Å². The number of aromatic nitrogens is 2. The van der Waals surface area contributed by atoms with E-state index >= 15 is 0 Å². The Morgan fingerprint density at radius 3 is 2.58 bits per heavy atom. The number of carbonyl (C=O) groups excluding carboxylic acids is 1. The molecule has 4 aromatic rings. The van der Waals surface area contributed by atoms with Gasteiger partial charge >= 0.3 is 0 Å². The molecule has 36 heavy (non-hydrogen) atoms. The summed E-state index contributed by atoms with van der Waals surface area (Å²) in [5.74, 6) is 1.77. The Labute approximate surface area is 210 Å². The molecule has 1 aliphatic carbocycles. The smallest absolute Gasteiger partial charge is 0.266 e. The minimum absolute atomic E-state index is 0.0388. The summed E-state index contributed by atoms with van der Waals surface area (Å²) < 4.78 is 12.8. The van der Waals surface area contributed by atoms with Crippen LogP contribution in [-0.4, -0.2) is 27.5 Å². The van der Waals surface area contributed by atoms with Crippen LogP contribution < -0.4 is 10.3 Å². The van der Waals surface area contributed by atoms with Gasteiger partial charge in [-0.05, 0) is 56.2 Å². The number of nitrogens with zero attached hydrogens (tertiary/aromatic N) is 3. The van der Waals surface area contributed by atoms with Crippen LogP contribution in [0.25, 0.3) is 16.6 Å². The van der Waals surface area contributed by atoms with Gasteiger partial charge in [0.15, 0.2) is 0 Å². The molecule has 2 aromatic carbocycles. The number of rotatable bonds is 7. The first-order chi connectivity index (χ1) is 17.6. The van der Waals surface area contributed by atoms with Crippen LogP contribution in [0.4, 0.5) is 0 Å². The van der Waals surface area contributed by atoms with Gasteiger partial charge in [-0.3, -0.25) is 14.2 Å². The maximum atomic E-state index is 13.9. The van der Waals surface area contributed by atoms with Crippen molar-refractivity contribution in [2.75, 3.05) is 7.11 Å². The zero-order valence-corrected chi connectivity index (χ0v) is 20.7. The highest BCUT2D eigenvalue weighted by Gasteiger charge is 2.33. The Morgan fingerprint density at radius 2 is 1.83 bits per heavy atom. The van der Waals surface area contributed by atoms with E-state index in [0.717, 1.165) is 32.1 Å². The fourth-order valence-corrected chi connectivity index (χ4v) is 5.18. The lowest BCUT2D eigenvalue weighted by atomic mass is 9.88. The SMILES string of the molecule is COc1ccccc1-n1c(C(C)N(Cc2ccco2)C(=O)C2CCCCC2)nc2ccccc2c1=O. The summed E-state index contributed by atoms with van der Waals surface area (Å²) in [5.41, 5.74) is 0.988. The Balaban J connectivity index is 1.68. The summed E-state index contributed by atoms with van der Waals surface area (Å²) in [6, 6.07) is 17.9. The molecule has 186 valence electrons. The largest absolute Gasteiger partial charge is 0.495 e. The van der Waals surface area contributed by atoms with Gasteiger partial charge in [-0.15, -0.1) is 0 Å². The summed E-state index contributed by atoms with van der Waals surface area (Å²) in [4.78, 5) is 34.5. The minimum Gasteiger partial charge on any atom is -0.495 e. The number of benzene rings is 2. The summed E-state index contributed by atoms with van der Waals surface area (Å²) in [6.45, 7) is 2.24. The highest BCUT2D eigenvalue weighted by Crippen LogP contribution is 2.32. The predicted octanol–water partition coefficient (Wildman–Crippen LogP) is 5.66. The quantitative estimate of drug-likeness (QED) is 0.338. The van der Waals surface area contributed by atoms with E-state index in [4.69, 9.17) is 14.1 Å². The molecule has 2 heterocycles. The lowest BCUT2D eigenvalue weighted by molar-refractivity contribution is -0.140. The van der Waals surface area contributed by atoms with Gasteiger partial charge < -0.3 is 14.1 Å². The molecular formula is C29H31N3O4. The number of fused-ring (bicyclic) bond motifs is 1. The van der Waals surface area contributed by atoms with Crippen molar-refractivity contribution in [2.24, 2.45) is 5.92 Å². The van der Waals surface area contributed by atoms with E-state index in [0.29, 0.717) is 40.5 Å². The van der Waals surface area contributed by atoms with Crippen molar-refractivity contribution >= 4 is 16.8 Å². The standard InChI is InChI=1S/C29H31N3O4/c1-20(31(19-22-13-10-18-36-22)28(33)21-11-4-3-5-12-21)27-30-24-15-7-6-14-23(24)29(34)32(27)25-16-8-9-17-26(25)35-2/h6-10,13-18,20-21H,3-5,11-12,19H2,1-2H3. The van der Waals surface area contributed by atoms with Crippen molar-refractivity contribution in [1.82, 2.24) is 14.5 Å². The average Bonchev–Trinajstić information content (AvgIpc) is 3.45. The summed E-state index contributed by atoms with van der Waals surface area (Å²) >= 11 is 0. The van der Waals surface area contributed by atoms with Crippen LogP contribution in [0.5, 0.6) is 5.75 Å². The van der Waals surface area contributed by atoms with E-state index in [1.807, 2.05) is 66.4 Å². The molecule has 1 aliphatic rings. The van der Waals surface area contributed by atoms with Crippen LogP contribution in [0, 0.1) is 5.92 Å². The van der Waals surface area contributed by atoms with E-state index in [2.05, 4.69) is 0 Å². The molecule has 0 spiro atoms. The molecule has 1 atom stereocenters. The first kappa shape index (κ1) is 23.9. The molecule has 2 aromatic heterocycles. The number of ether oxygens (including phenoxy) is 1. The third-order valence-electron chi connectivity index (χ3n) is 7.11. The second-order valence-corrected chi connectivity index (χ2v) is 9.36. The van der Waals surface area contributed by atoms with Crippen LogP contribution in [0.15, 0.2) is 76.1 Å². The molecule has 0 saturated heterocycles. The third kappa shape index (κ3) is 4.53. The molecule has 0 radical (unpaired) electrons. The van der Waals surface area contributed by atoms with Gasteiger partial charge in [-0.1, -0.05) is 43.5 Å². The van der Waals surface area contributed by atoms with E-state index < -0.39 is 6.04 Å². The first-order valence-corrected chi connectivity index (χ1v) is 12.6. The number of methoxy groups -OCH3 is 1. The van der Waals surface area contributed by atoms with E-state index in [9.17, 15) is 9.59 Å². The van der Waals surface area contributed by atoms with Crippen molar-refractivity contribution in [1.29, 1.82) is 0 Å². The molecular weight excluding hydrogens is 454 g/mol. The number of amides is 1. The molecule has 5 rings (SSSR count). The molecule has 7 heteroatoms. The zero-order valence-electron chi connectivity index (χ0n) is 20.7. The molecule has 1 amide bonds. The van der Waals surface area contributed by atoms with Crippen molar-refractivity contribution < 1.29 is 13.9 Å². The van der Waals surface area contributed by atoms with Gasteiger partial charge in [-0.2, -0.15) is 0 Å². The molecule has 0 N–H and O–H groups in total. The van der Waals surface area contributed by atoms with Crippen molar-refractivity contribution in [3.8, 4) is 11.4 Å². The summed E-state index contributed by atoms with van der Waals surface area (Å²) in [6.07, 6.45) is 6.65. The van der Waals surface area contributed by atoms with Gasteiger partial charge in [0.05, 0.1) is 42.5 Å². The lowest BCUT2D eigenvalue weighted by Crippen LogP contribution is -2.40. The van der Waals surface area contributed by atoms with Crippen molar-refractivity contribution in [3.63, 3.8) is 0 Å². The number of furan rings is 1. The van der Waals surface area contributed by atoms with Gasteiger partial charge in [0.2, 0.25) is 5.91 Å². The molecule has 1 saturated carbocycles. The maximum absolute atomic E-state index is 13.9. The van der Waals surface area contributed by atoms with Crippen LogP contribution in [0.2, 0.25) is 0 Å². The number of carbonyl (C=O) groups is 1. The van der Waals surface area contributed by atoms with Crippen LogP contribution in [-0.2, 0) is 11.3 Å². The van der Waals surface area contributed by atoms with Gasteiger partial charge in [-0.25, -0.2) is 4.98 Å². The zero-order chi connectivity index (χ0) is 25.1. The lowest BCUT2D eigenvalue weighted by Gasteiger charge is -2.34. The molecule has 1 unspecified atom stereocenters. The van der Waals surface area contributed by atoms with Gasteiger partial charge in [0.1, 0.15) is 17.3 Å². The van der Waals surface area contributed by atoms with Crippen LogP contribution in [0.1, 0.15) is 56.7 Å². The van der Waals surface area contributed by atoms with Gasteiger partial charge in [0, 0.05) is 5.92 Å². The van der Waals surface area contributed by atoms with Crippen molar-refractivity contribution in [3.05, 3.63) is 88.9 Å². The number of hydrogen-bond donors (Lipinski definition) is 0. The summed E-state index contributed by atoms with van der Waals surface area (Å²) in [7, 11) is 1.58. The highest BCUT2D eigenvalue weighted by atomic mass is 16.5. The molecule has 0 bridgehead atoms. The third-order valence-corrected chi connectivity index (χ3v) is 7.11. The monoisotopic (exact) mass is 485 g/mol. The molecule has 7 nitrogen and oxygen atoms in total. The van der Waals surface area contributed by atoms with Gasteiger partial charge in [0.25, 0.3) is 5.56 Å². The normalized spacial score (nSPS) is 15.1. The van der Waals surface area contributed by atoms with Crippen molar-refractivity contribution in [2.45, 2.75) is 51.6 Å². The second-order valence-electron chi connectivity index (χ2n) is 9.36. The maximum Gasteiger partial charge on any atom is 0.266 e. The number of hydrogen-bond acceptors (Lipinski definition) is 5. The molecule has 0 aliphatic heterocycles. The predicted molar refractivity (Wildman–Crippen MR) is 138 cm³/mol. The topological polar surface area (TPSA) is 77.6 Å². The minimum atomic E-state index is -0.494. The Morgan fingerprint density at radius 1 is 1.08 bits per heavy atom. The average molecular weight is 486 g/mol. The fourth-order valence-electron chi connectivity index (χ4n) is 5.18. The first-order valence-electron chi connectivity index (χ1n) is 12.6.